The fourth-order valence-corrected chi connectivity index (χ4v) is 2.81. The Morgan fingerprint density at radius 1 is 1.41 bits per heavy atom. The molecule has 3 nitrogen and oxygen atoms in total. The van der Waals surface area contributed by atoms with Gasteiger partial charge in [-0.05, 0) is 17.0 Å². The van der Waals surface area contributed by atoms with Crippen molar-refractivity contribution in [2.45, 2.75) is 26.4 Å². The van der Waals surface area contributed by atoms with Gasteiger partial charge in [-0.1, -0.05) is 32.0 Å². The van der Waals surface area contributed by atoms with Gasteiger partial charge in [0.25, 0.3) is 0 Å². The van der Waals surface area contributed by atoms with Crippen molar-refractivity contribution in [3.63, 3.8) is 0 Å². The Morgan fingerprint density at radius 3 is 2.76 bits per heavy atom. The van der Waals surface area contributed by atoms with E-state index in [0.29, 0.717) is 17.5 Å². The maximum atomic E-state index is 11.2. The fourth-order valence-electron chi connectivity index (χ4n) is 1.75. The monoisotopic (exact) mass is 249 g/mol. The first kappa shape index (κ1) is 12.1. The molecule has 0 saturated carbocycles. The van der Waals surface area contributed by atoms with Crippen molar-refractivity contribution in [2.24, 2.45) is 0 Å². The van der Waals surface area contributed by atoms with Crippen LogP contribution >= 0.6 is 11.3 Å². The third-order valence-corrected chi connectivity index (χ3v) is 3.78. The summed E-state index contributed by atoms with van der Waals surface area (Å²) in [5.74, 6) is -0.841. The largest absolute Gasteiger partial charge is 0.477 e. The van der Waals surface area contributed by atoms with E-state index in [1.165, 1.54) is 11.3 Å². The van der Waals surface area contributed by atoms with Crippen LogP contribution in [0.15, 0.2) is 24.3 Å². The summed E-state index contributed by atoms with van der Waals surface area (Å²) in [6.45, 7) is 4.70. The maximum absolute atomic E-state index is 11.2. The van der Waals surface area contributed by atoms with Gasteiger partial charge in [0, 0.05) is 17.3 Å². The molecule has 1 aromatic carbocycles. The maximum Gasteiger partial charge on any atom is 0.346 e. The van der Waals surface area contributed by atoms with Crippen molar-refractivity contribution in [3.05, 3.63) is 34.7 Å². The van der Waals surface area contributed by atoms with Crippen LogP contribution in [0.25, 0.3) is 10.1 Å². The number of benzene rings is 1. The van der Waals surface area contributed by atoms with Gasteiger partial charge in [0.2, 0.25) is 0 Å². The summed E-state index contributed by atoms with van der Waals surface area (Å²) >= 11 is 1.34. The van der Waals surface area contributed by atoms with Gasteiger partial charge in [-0.2, -0.15) is 0 Å². The van der Waals surface area contributed by atoms with Crippen LogP contribution in [0.1, 0.15) is 29.1 Å². The second-order valence-electron chi connectivity index (χ2n) is 4.25. The Balaban J connectivity index is 2.48. The van der Waals surface area contributed by atoms with Crippen LogP contribution in [0.4, 0.5) is 0 Å². The molecule has 2 aromatic rings. The summed E-state index contributed by atoms with van der Waals surface area (Å²) in [4.78, 5) is 11.7. The Bertz CT molecular complexity index is 545. The van der Waals surface area contributed by atoms with E-state index in [0.717, 1.165) is 15.6 Å². The number of thiophene rings is 1. The zero-order valence-corrected chi connectivity index (χ0v) is 10.7. The van der Waals surface area contributed by atoms with Gasteiger partial charge in [0.05, 0.1) is 0 Å². The first-order valence-electron chi connectivity index (χ1n) is 5.56. The Morgan fingerprint density at radius 2 is 2.12 bits per heavy atom. The number of nitrogens with one attached hydrogen (secondary N) is 1. The lowest BCUT2D eigenvalue weighted by atomic mass is 10.1. The summed E-state index contributed by atoms with van der Waals surface area (Å²) in [6.07, 6.45) is 0. The van der Waals surface area contributed by atoms with E-state index in [1.807, 2.05) is 24.3 Å². The summed E-state index contributed by atoms with van der Waals surface area (Å²) in [5.41, 5.74) is 0.895. The molecule has 90 valence electrons. The molecule has 0 radical (unpaired) electrons. The minimum absolute atomic E-state index is 0.343. The summed E-state index contributed by atoms with van der Waals surface area (Å²) in [5, 5.41) is 13.5. The highest BCUT2D eigenvalue weighted by Gasteiger charge is 2.17. The minimum Gasteiger partial charge on any atom is -0.477 e. The molecule has 0 atom stereocenters. The van der Waals surface area contributed by atoms with E-state index >= 15 is 0 Å². The number of aromatic carboxylic acids is 1. The van der Waals surface area contributed by atoms with Crippen molar-refractivity contribution < 1.29 is 9.90 Å². The van der Waals surface area contributed by atoms with Gasteiger partial charge >= 0.3 is 5.97 Å². The highest BCUT2D eigenvalue weighted by atomic mass is 32.1. The molecule has 1 heterocycles. The highest BCUT2D eigenvalue weighted by molar-refractivity contribution is 7.21. The molecule has 0 aliphatic carbocycles. The SMILES string of the molecule is CC(C)NCc1c(C(=O)O)sc2ccccc12. The predicted octanol–water partition coefficient (Wildman–Crippen LogP) is 3.10. The topological polar surface area (TPSA) is 49.3 Å². The van der Waals surface area contributed by atoms with E-state index in [2.05, 4.69) is 19.2 Å². The van der Waals surface area contributed by atoms with Gasteiger partial charge < -0.3 is 10.4 Å². The van der Waals surface area contributed by atoms with Gasteiger partial charge in [0.1, 0.15) is 4.88 Å². The van der Waals surface area contributed by atoms with Crippen LogP contribution in [0.5, 0.6) is 0 Å². The molecule has 4 heteroatoms. The van der Waals surface area contributed by atoms with Crippen molar-refractivity contribution in [1.29, 1.82) is 0 Å². The molecule has 2 N–H and O–H groups in total. The number of hydrogen-bond donors (Lipinski definition) is 2. The zero-order valence-electron chi connectivity index (χ0n) is 9.86. The lowest BCUT2D eigenvalue weighted by molar-refractivity contribution is 0.0701. The smallest absolute Gasteiger partial charge is 0.346 e. The molecule has 0 amide bonds. The van der Waals surface area contributed by atoms with E-state index < -0.39 is 5.97 Å². The van der Waals surface area contributed by atoms with Gasteiger partial charge in [-0.25, -0.2) is 4.79 Å². The lowest BCUT2D eigenvalue weighted by Gasteiger charge is -2.08. The Hall–Kier alpha value is -1.39. The highest BCUT2D eigenvalue weighted by Crippen LogP contribution is 2.31. The number of hydrogen-bond acceptors (Lipinski definition) is 3. The standard InChI is InChI=1S/C13H15NO2S/c1-8(2)14-7-10-9-5-3-4-6-11(9)17-12(10)13(15)16/h3-6,8,14H,7H2,1-2H3,(H,15,16). The quantitative estimate of drug-likeness (QED) is 0.875. The second-order valence-corrected chi connectivity index (χ2v) is 5.30. The summed E-state index contributed by atoms with van der Waals surface area (Å²) in [6, 6.07) is 8.17. The molecule has 17 heavy (non-hydrogen) atoms. The molecule has 2 rings (SSSR count). The molecule has 0 saturated heterocycles. The first-order chi connectivity index (χ1) is 8.09. The summed E-state index contributed by atoms with van der Waals surface area (Å²) < 4.78 is 1.03. The Kier molecular flexibility index (Phi) is 3.45. The molecule has 0 spiro atoms. The predicted molar refractivity (Wildman–Crippen MR) is 70.8 cm³/mol. The van der Waals surface area contributed by atoms with Gasteiger partial charge in [0.15, 0.2) is 0 Å². The number of carbonyl (C=O) groups is 1. The number of carboxylic acid groups (broad SMARTS) is 1. The molecular weight excluding hydrogens is 234 g/mol. The van der Waals surface area contributed by atoms with Crippen molar-refractivity contribution in [3.8, 4) is 0 Å². The molecule has 1 aromatic heterocycles. The van der Waals surface area contributed by atoms with E-state index in [-0.39, 0.29) is 0 Å². The molecule has 0 aliphatic heterocycles. The van der Waals surface area contributed by atoms with Crippen molar-refractivity contribution in [2.75, 3.05) is 0 Å². The van der Waals surface area contributed by atoms with Gasteiger partial charge in [-0.15, -0.1) is 11.3 Å². The van der Waals surface area contributed by atoms with E-state index in [4.69, 9.17) is 0 Å². The van der Waals surface area contributed by atoms with Crippen molar-refractivity contribution >= 4 is 27.4 Å². The normalized spacial score (nSPS) is 11.2. The number of carboxylic acids is 1. The minimum atomic E-state index is -0.841. The molecule has 0 unspecified atom stereocenters. The van der Waals surface area contributed by atoms with Crippen LogP contribution in [-0.4, -0.2) is 17.1 Å². The lowest BCUT2D eigenvalue weighted by Crippen LogP contribution is -2.22. The molecule has 0 bridgehead atoms. The van der Waals surface area contributed by atoms with Crippen molar-refractivity contribution in [1.82, 2.24) is 5.32 Å². The number of fused-ring (bicyclic) bond motifs is 1. The molecular formula is C13H15NO2S. The molecule has 0 aliphatic rings. The second kappa shape index (κ2) is 4.85. The van der Waals surface area contributed by atoms with Crippen LogP contribution < -0.4 is 5.32 Å². The van der Waals surface area contributed by atoms with Crippen LogP contribution in [0, 0.1) is 0 Å². The van der Waals surface area contributed by atoms with E-state index in [1.54, 1.807) is 0 Å². The fraction of sp³-hybridized carbons (Fsp3) is 0.308. The van der Waals surface area contributed by atoms with Gasteiger partial charge in [-0.3, -0.25) is 0 Å². The third-order valence-electron chi connectivity index (χ3n) is 2.58. The first-order valence-corrected chi connectivity index (χ1v) is 6.38. The zero-order chi connectivity index (χ0) is 12.4. The number of rotatable bonds is 4. The molecule has 0 fully saturated rings. The van der Waals surface area contributed by atoms with E-state index in [9.17, 15) is 9.90 Å². The average Bonchev–Trinajstić information content (AvgIpc) is 2.65. The van der Waals surface area contributed by atoms with Crippen LogP contribution in [0.3, 0.4) is 0 Å². The van der Waals surface area contributed by atoms with Crippen LogP contribution in [-0.2, 0) is 6.54 Å². The van der Waals surface area contributed by atoms with Crippen LogP contribution in [0.2, 0.25) is 0 Å². The Labute approximate surface area is 104 Å². The third kappa shape index (κ3) is 2.48. The summed E-state index contributed by atoms with van der Waals surface area (Å²) in [7, 11) is 0. The average molecular weight is 249 g/mol.